The van der Waals surface area contributed by atoms with Crippen LogP contribution in [0.3, 0.4) is 0 Å². The fourth-order valence-electron chi connectivity index (χ4n) is 2.70. The quantitative estimate of drug-likeness (QED) is 0.843. The Morgan fingerprint density at radius 1 is 1.04 bits per heavy atom. The van der Waals surface area contributed by atoms with E-state index < -0.39 is 0 Å². The molecule has 1 amide bonds. The van der Waals surface area contributed by atoms with Gasteiger partial charge in [0.1, 0.15) is 0 Å². The van der Waals surface area contributed by atoms with Crippen LogP contribution < -0.4 is 10.2 Å². The minimum absolute atomic E-state index is 0.0104. The predicted octanol–water partition coefficient (Wildman–Crippen LogP) is 3.81. The van der Waals surface area contributed by atoms with E-state index in [-0.39, 0.29) is 5.91 Å². The zero-order valence-electron chi connectivity index (χ0n) is 14.3. The third kappa shape index (κ3) is 4.85. The summed E-state index contributed by atoms with van der Waals surface area (Å²) in [5, 5.41) is 2.99. The highest BCUT2D eigenvalue weighted by molar-refractivity contribution is 5.94. The van der Waals surface area contributed by atoms with Gasteiger partial charge in [0.05, 0.1) is 0 Å². The second-order valence-electron chi connectivity index (χ2n) is 5.71. The molecule has 0 aliphatic carbocycles. The highest BCUT2D eigenvalue weighted by atomic mass is 16.1. The van der Waals surface area contributed by atoms with Crippen molar-refractivity contribution in [2.45, 2.75) is 27.2 Å². The van der Waals surface area contributed by atoms with E-state index in [0.29, 0.717) is 12.1 Å². The molecule has 122 valence electrons. The second-order valence-corrected chi connectivity index (χ2v) is 5.71. The average molecular weight is 310 g/mol. The predicted molar refractivity (Wildman–Crippen MR) is 97.2 cm³/mol. The summed E-state index contributed by atoms with van der Waals surface area (Å²) < 4.78 is 0. The van der Waals surface area contributed by atoms with Crippen LogP contribution in [0.5, 0.6) is 0 Å². The van der Waals surface area contributed by atoms with Crippen molar-refractivity contribution in [2.75, 3.05) is 24.5 Å². The molecule has 23 heavy (non-hydrogen) atoms. The number of aryl methyl sites for hydroxylation is 1. The van der Waals surface area contributed by atoms with Gasteiger partial charge in [0.2, 0.25) is 0 Å². The smallest absolute Gasteiger partial charge is 0.251 e. The van der Waals surface area contributed by atoms with Gasteiger partial charge in [0.25, 0.3) is 5.91 Å². The maximum Gasteiger partial charge on any atom is 0.251 e. The van der Waals surface area contributed by atoms with Crippen LogP contribution in [0.4, 0.5) is 5.69 Å². The fourth-order valence-corrected chi connectivity index (χ4v) is 2.70. The van der Waals surface area contributed by atoms with Gasteiger partial charge in [-0.15, -0.1) is 0 Å². The molecular formula is C20H26N2O. The molecule has 2 aromatic carbocycles. The van der Waals surface area contributed by atoms with E-state index in [1.165, 1.54) is 11.1 Å². The Bertz CT molecular complexity index is 630. The molecule has 1 N–H and O–H groups in total. The normalized spacial score (nSPS) is 10.4. The molecule has 2 rings (SSSR count). The summed E-state index contributed by atoms with van der Waals surface area (Å²) in [6.45, 7) is 8.95. The van der Waals surface area contributed by atoms with Crippen molar-refractivity contribution in [3.8, 4) is 0 Å². The van der Waals surface area contributed by atoms with Crippen LogP contribution in [0.25, 0.3) is 0 Å². The standard InChI is InChI=1S/C20H26N2O/c1-4-22(5-2)19-11-9-18(10-12-19)20(23)21-14-13-17-8-6-7-16(3)15-17/h6-12,15H,4-5,13-14H2,1-3H3,(H,21,23). The lowest BCUT2D eigenvalue weighted by atomic mass is 10.1. The van der Waals surface area contributed by atoms with Crippen molar-refractivity contribution in [3.63, 3.8) is 0 Å². The van der Waals surface area contributed by atoms with Crippen molar-refractivity contribution in [1.82, 2.24) is 5.32 Å². The average Bonchev–Trinajstić information content (AvgIpc) is 2.56. The lowest BCUT2D eigenvalue weighted by molar-refractivity contribution is 0.0954. The van der Waals surface area contributed by atoms with E-state index >= 15 is 0 Å². The maximum atomic E-state index is 12.2. The van der Waals surface area contributed by atoms with E-state index in [9.17, 15) is 4.79 Å². The van der Waals surface area contributed by atoms with E-state index in [0.717, 1.165) is 25.2 Å². The number of nitrogens with one attached hydrogen (secondary N) is 1. The lowest BCUT2D eigenvalue weighted by Gasteiger charge is -2.21. The van der Waals surface area contributed by atoms with Crippen molar-refractivity contribution >= 4 is 11.6 Å². The topological polar surface area (TPSA) is 32.3 Å². The molecule has 0 aromatic heterocycles. The Morgan fingerprint density at radius 2 is 1.74 bits per heavy atom. The summed E-state index contributed by atoms with van der Waals surface area (Å²) in [7, 11) is 0. The number of nitrogens with zero attached hydrogens (tertiary/aromatic N) is 1. The molecule has 0 radical (unpaired) electrons. The van der Waals surface area contributed by atoms with Gasteiger partial charge in [-0.3, -0.25) is 4.79 Å². The molecule has 0 saturated carbocycles. The van der Waals surface area contributed by atoms with Crippen LogP contribution in [0, 0.1) is 6.92 Å². The molecule has 0 aliphatic heterocycles. The number of anilines is 1. The van der Waals surface area contributed by atoms with Gasteiger partial charge >= 0.3 is 0 Å². The van der Waals surface area contributed by atoms with E-state index in [4.69, 9.17) is 0 Å². The maximum absolute atomic E-state index is 12.2. The van der Waals surface area contributed by atoms with Gasteiger partial charge < -0.3 is 10.2 Å². The molecule has 3 heteroatoms. The zero-order chi connectivity index (χ0) is 16.7. The number of rotatable bonds is 7. The molecule has 0 unspecified atom stereocenters. The first kappa shape index (κ1) is 17.1. The molecule has 3 nitrogen and oxygen atoms in total. The summed E-state index contributed by atoms with van der Waals surface area (Å²) in [5.74, 6) is -0.0104. The van der Waals surface area contributed by atoms with Gasteiger partial charge in [-0.25, -0.2) is 0 Å². The SMILES string of the molecule is CCN(CC)c1ccc(C(=O)NCCc2cccc(C)c2)cc1. The number of amides is 1. The van der Waals surface area contributed by atoms with Gasteiger partial charge in [0.15, 0.2) is 0 Å². The van der Waals surface area contributed by atoms with E-state index in [1.54, 1.807) is 0 Å². The molecule has 2 aromatic rings. The number of carbonyl (C=O) groups excluding carboxylic acids is 1. The zero-order valence-corrected chi connectivity index (χ0v) is 14.3. The number of benzene rings is 2. The van der Waals surface area contributed by atoms with Gasteiger partial charge in [-0.05, 0) is 57.0 Å². The van der Waals surface area contributed by atoms with Gasteiger partial charge in [-0.1, -0.05) is 29.8 Å². The number of carbonyl (C=O) groups is 1. The van der Waals surface area contributed by atoms with Crippen LogP contribution in [0.15, 0.2) is 48.5 Å². The Balaban J connectivity index is 1.88. The largest absolute Gasteiger partial charge is 0.372 e. The summed E-state index contributed by atoms with van der Waals surface area (Å²) in [6, 6.07) is 16.2. The Labute approximate surface area is 139 Å². The van der Waals surface area contributed by atoms with Crippen LogP contribution in [-0.4, -0.2) is 25.5 Å². The molecular weight excluding hydrogens is 284 g/mol. The fraction of sp³-hybridized carbons (Fsp3) is 0.350. The lowest BCUT2D eigenvalue weighted by Crippen LogP contribution is -2.26. The van der Waals surface area contributed by atoms with Crippen molar-refractivity contribution in [2.24, 2.45) is 0 Å². The van der Waals surface area contributed by atoms with Crippen LogP contribution in [0.1, 0.15) is 35.3 Å². The van der Waals surface area contributed by atoms with Crippen molar-refractivity contribution in [1.29, 1.82) is 0 Å². The molecule has 0 saturated heterocycles. The molecule has 0 heterocycles. The van der Waals surface area contributed by atoms with Crippen molar-refractivity contribution < 1.29 is 4.79 Å². The molecule has 0 aliphatic rings. The Morgan fingerprint density at radius 3 is 2.35 bits per heavy atom. The Kier molecular flexibility index (Phi) is 6.21. The van der Waals surface area contributed by atoms with Crippen LogP contribution >= 0.6 is 0 Å². The minimum atomic E-state index is -0.0104. The van der Waals surface area contributed by atoms with Gasteiger partial charge in [0, 0.05) is 30.9 Å². The summed E-state index contributed by atoms with van der Waals surface area (Å²) in [6.07, 6.45) is 0.852. The van der Waals surface area contributed by atoms with Crippen molar-refractivity contribution in [3.05, 3.63) is 65.2 Å². The van der Waals surface area contributed by atoms with E-state index in [2.05, 4.69) is 55.3 Å². The summed E-state index contributed by atoms with van der Waals surface area (Å²) >= 11 is 0. The molecule has 0 atom stereocenters. The van der Waals surface area contributed by atoms with E-state index in [1.807, 2.05) is 24.3 Å². The third-order valence-corrected chi connectivity index (χ3v) is 4.04. The first-order chi connectivity index (χ1) is 11.1. The van der Waals surface area contributed by atoms with Crippen LogP contribution in [-0.2, 0) is 6.42 Å². The Hall–Kier alpha value is -2.29. The first-order valence-corrected chi connectivity index (χ1v) is 8.32. The minimum Gasteiger partial charge on any atom is -0.372 e. The summed E-state index contributed by atoms with van der Waals surface area (Å²) in [5.41, 5.74) is 4.37. The monoisotopic (exact) mass is 310 g/mol. The second kappa shape index (κ2) is 8.37. The van der Waals surface area contributed by atoms with Crippen LogP contribution in [0.2, 0.25) is 0 Å². The highest BCUT2D eigenvalue weighted by Crippen LogP contribution is 2.14. The molecule has 0 bridgehead atoms. The molecule has 0 spiro atoms. The molecule has 0 fully saturated rings. The summed E-state index contributed by atoms with van der Waals surface area (Å²) in [4.78, 5) is 14.5. The first-order valence-electron chi connectivity index (χ1n) is 8.32. The third-order valence-electron chi connectivity index (χ3n) is 4.04. The number of hydrogen-bond acceptors (Lipinski definition) is 2. The van der Waals surface area contributed by atoms with Gasteiger partial charge in [-0.2, -0.15) is 0 Å². The number of hydrogen-bond donors (Lipinski definition) is 1. The highest BCUT2D eigenvalue weighted by Gasteiger charge is 2.07.